The summed E-state index contributed by atoms with van der Waals surface area (Å²) in [4.78, 5) is 34.3. The largest absolute Gasteiger partial charge is 0.505 e. The molecule has 4 heterocycles. The van der Waals surface area contributed by atoms with Gasteiger partial charge in [0.05, 0.1) is 16.8 Å². The number of ether oxygens (including phenoxy) is 1. The Morgan fingerprint density at radius 1 is 1.20 bits per heavy atom. The highest BCUT2D eigenvalue weighted by Gasteiger charge is 2.33. The number of aromatic amines is 1. The van der Waals surface area contributed by atoms with Gasteiger partial charge in [0, 0.05) is 62.5 Å². The van der Waals surface area contributed by atoms with Crippen LogP contribution in [0.25, 0.3) is 10.9 Å². The third-order valence-corrected chi connectivity index (χ3v) is 6.39. The lowest BCUT2D eigenvalue weighted by molar-refractivity contribution is 0.0957. The van der Waals surface area contributed by atoms with Gasteiger partial charge >= 0.3 is 0 Å². The number of nitrogens with zero attached hydrogens (tertiary/aromatic N) is 3. The molecule has 0 bridgehead atoms. The molecule has 1 saturated heterocycles. The molecule has 1 amide bonds. The summed E-state index contributed by atoms with van der Waals surface area (Å²) in [6.07, 6.45) is 0.0336. The summed E-state index contributed by atoms with van der Waals surface area (Å²) in [7, 11) is 13.1. The zero-order valence-corrected chi connectivity index (χ0v) is 19.0. The fraction of sp³-hybridized carbons (Fsp3) is 0.348. The minimum Gasteiger partial charge on any atom is -0.505 e. The molecule has 2 aliphatic heterocycles. The quantitative estimate of drug-likeness (QED) is 0.429. The molecular formula is C23H21B2F2N5O3. The van der Waals surface area contributed by atoms with E-state index in [9.17, 15) is 14.0 Å². The lowest BCUT2D eigenvalue weighted by atomic mass is 9.63. The van der Waals surface area contributed by atoms with Crippen molar-refractivity contribution in [3.8, 4) is 5.75 Å². The van der Waals surface area contributed by atoms with Gasteiger partial charge in [-0.3, -0.25) is 14.5 Å². The first kappa shape index (κ1) is 23.3. The van der Waals surface area contributed by atoms with Crippen molar-refractivity contribution < 1.29 is 18.3 Å². The Hall–Kier alpha value is -3.40. The average Bonchev–Trinajstić information content (AvgIpc) is 3.17. The second-order valence-corrected chi connectivity index (χ2v) is 8.81. The molecule has 1 aromatic carbocycles. The van der Waals surface area contributed by atoms with Crippen LogP contribution in [-0.4, -0.2) is 75.1 Å². The molecule has 1 fully saturated rings. The number of piperazine rings is 1. The molecule has 2 aromatic heterocycles. The topological polar surface area (TPSA) is 90.6 Å². The van der Waals surface area contributed by atoms with Crippen molar-refractivity contribution in [3.05, 3.63) is 63.2 Å². The van der Waals surface area contributed by atoms with E-state index in [-0.39, 0.29) is 23.4 Å². The molecule has 176 valence electrons. The molecule has 0 aliphatic carbocycles. The highest BCUT2D eigenvalue weighted by molar-refractivity contribution is 6.39. The molecule has 2 aliphatic rings. The van der Waals surface area contributed by atoms with Crippen LogP contribution in [-0.2, 0) is 13.0 Å². The minimum absolute atomic E-state index is 0.0110. The van der Waals surface area contributed by atoms with Gasteiger partial charge in [-0.2, -0.15) is 4.39 Å². The molecule has 0 saturated carbocycles. The van der Waals surface area contributed by atoms with Crippen molar-refractivity contribution >= 4 is 38.2 Å². The summed E-state index contributed by atoms with van der Waals surface area (Å²) in [5, 5.41) is 1.32. The first-order chi connectivity index (χ1) is 16.7. The monoisotopic (exact) mass is 475 g/mol. The fourth-order valence-electron chi connectivity index (χ4n) is 4.59. The van der Waals surface area contributed by atoms with Crippen LogP contribution in [0.15, 0.2) is 29.1 Å². The van der Waals surface area contributed by atoms with Gasteiger partial charge in [0.15, 0.2) is 5.82 Å². The molecule has 3 aromatic rings. The highest BCUT2D eigenvalue weighted by atomic mass is 19.1. The number of hydrogen-bond donors (Lipinski definition) is 2. The number of rotatable bonds is 4. The Morgan fingerprint density at radius 2 is 1.94 bits per heavy atom. The second-order valence-electron chi connectivity index (χ2n) is 8.81. The lowest BCUT2D eigenvalue weighted by Crippen LogP contribution is -2.46. The standard InChI is InChI=1S/C23H21B2F2N5O3/c1-28-22(34)15-4-5-16(20(27)29-15)32-8-6-31(7-9-32)11-12-2-3-13-18(17(12)26)30-21(33)14-10-23(24,25)35-19(13)14/h2-5H,6-11H2,1H3,(H,28,34)(H,30,33). The molecule has 12 heteroatoms. The van der Waals surface area contributed by atoms with Crippen LogP contribution in [0.4, 0.5) is 14.5 Å². The maximum absolute atomic E-state index is 15.4. The van der Waals surface area contributed by atoms with E-state index in [1.54, 1.807) is 18.2 Å². The fourth-order valence-corrected chi connectivity index (χ4v) is 4.59. The van der Waals surface area contributed by atoms with E-state index in [1.807, 2.05) is 9.80 Å². The van der Waals surface area contributed by atoms with Crippen molar-refractivity contribution in [3.63, 3.8) is 0 Å². The maximum atomic E-state index is 15.4. The number of anilines is 1. The minimum atomic E-state index is -1.50. The highest BCUT2D eigenvalue weighted by Crippen LogP contribution is 2.37. The van der Waals surface area contributed by atoms with Crippen LogP contribution >= 0.6 is 0 Å². The van der Waals surface area contributed by atoms with E-state index >= 15 is 4.39 Å². The van der Waals surface area contributed by atoms with Gasteiger partial charge in [-0.1, -0.05) is 6.07 Å². The van der Waals surface area contributed by atoms with E-state index in [2.05, 4.69) is 15.3 Å². The molecule has 0 unspecified atom stereocenters. The molecular weight excluding hydrogens is 454 g/mol. The van der Waals surface area contributed by atoms with Crippen molar-refractivity contribution in [1.29, 1.82) is 0 Å². The van der Waals surface area contributed by atoms with E-state index in [1.165, 1.54) is 13.1 Å². The van der Waals surface area contributed by atoms with E-state index in [0.717, 1.165) is 0 Å². The summed E-state index contributed by atoms with van der Waals surface area (Å²) in [5.74, 6) is -1.50. The Labute approximate surface area is 202 Å². The lowest BCUT2D eigenvalue weighted by Gasteiger charge is -2.36. The van der Waals surface area contributed by atoms with Gasteiger partial charge in [-0.05, 0) is 18.2 Å². The SMILES string of the molecule is [B]C1([B])Cc2c(c3ccc(CN4CCN(c5ccc(C(=O)NC)nc5F)CC4)c(F)c3[nH]c2=O)O1. The molecule has 4 radical (unpaired) electrons. The van der Waals surface area contributed by atoms with Gasteiger partial charge < -0.3 is 19.9 Å². The van der Waals surface area contributed by atoms with Crippen molar-refractivity contribution in [2.45, 2.75) is 18.4 Å². The van der Waals surface area contributed by atoms with Crippen LogP contribution in [0.2, 0.25) is 0 Å². The van der Waals surface area contributed by atoms with Gasteiger partial charge in [-0.25, -0.2) is 9.37 Å². The number of aromatic nitrogens is 2. The molecule has 0 atom stereocenters. The van der Waals surface area contributed by atoms with Crippen molar-refractivity contribution in [2.75, 3.05) is 38.1 Å². The van der Waals surface area contributed by atoms with E-state index in [0.29, 0.717) is 54.9 Å². The molecule has 35 heavy (non-hydrogen) atoms. The predicted octanol–water partition coefficient (Wildman–Crippen LogP) is 0.809. The zero-order chi connectivity index (χ0) is 24.9. The molecule has 2 N–H and O–H groups in total. The van der Waals surface area contributed by atoms with E-state index in [4.69, 9.17) is 20.4 Å². The number of halogens is 2. The van der Waals surface area contributed by atoms with Gasteiger partial charge in [-0.15, -0.1) is 0 Å². The number of carbonyl (C=O) groups excluding carboxylic acids is 1. The third kappa shape index (κ3) is 4.27. The number of carbonyl (C=O) groups is 1. The molecule has 8 nitrogen and oxygen atoms in total. The third-order valence-electron chi connectivity index (χ3n) is 6.39. The van der Waals surface area contributed by atoms with Crippen LogP contribution in [0.5, 0.6) is 5.75 Å². The molecule has 0 spiro atoms. The number of pyridine rings is 2. The van der Waals surface area contributed by atoms with Gasteiger partial charge in [0.25, 0.3) is 11.5 Å². The second kappa shape index (κ2) is 8.67. The van der Waals surface area contributed by atoms with Crippen LogP contribution in [0, 0.1) is 11.8 Å². The predicted molar refractivity (Wildman–Crippen MR) is 128 cm³/mol. The van der Waals surface area contributed by atoms with Gasteiger partial charge in [0.1, 0.15) is 27.1 Å². The Balaban J connectivity index is 1.31. The summed E-state index contributed by atoms with van der Waals surface area (Å²) in [5.41, 5.74) is 0.609. The number of fused-ring (bicyclic) bond motifs is 3. The number of hydrogen-bond acceptors (Lipinski definition) is 6. The first-order valence-corrected chi connectivity index (χ1v) is 11.2. The average molecular weight is 475 g/mol. The Bertz CT molecular complexity index is 1390. The zero-order valence-electron chi connectivity index (χ0n) is 19.0. The smallest absolute Gasteiger partial charge is 0.269 e. The first-order valence-electron chi connectivity index (χ1n) is 11.2. The summed E-state index contributed by atoms with van der Waals surface area (Å²) >= 11 is 0. The van der Waals surface area contributed by atoms with Crippen LogP contribution < -0.4 is 20.5 Å². The van der Waals surface area contributed by atoms with Gasteiger partial charge in [0.2, 0.25) is 5.95 Å². The van der Waals surface area contributed by atoms with Crippen LogP contribution in [0.3, 0.4) is 0 Å². The van der Waals surface area contributed by atoms with Crippen molar-refractivity contribution in [1.82, 2.24) is 20.2 Å². The normalized spacial score (nSPS) is 17.3. The van der Waals surface area contributed by atoms with Crippen molar-refractivity contribution in [2.24, 2.45) is 0 Å². The van der Waals surface area contributed by atoms with E-state index < -0.39 is 28.6 Å². The maximum Gasteiger partial charge on any atom is 0.269 e. The number of nitrogens with one attached hydrogen (secondary N) is 2. The Morgan fingerprint density at radius 3 is 2.63 bits per heavy atom. The summed E-state index contributed by atoms with van der Waals surface area (Å²) < 4.78 is 35.4. The summed E-state index contributed by atoms with van der Waals surface area (Å²) in [6, 6.07) is 6.36. The number of H-pyrrole nitrogens is 1. The van der Waals surface area contributed by atoms with Crippen LogP contribution in [0.1, 0.15) is 21.6 Å². The number of amides is 1. The Kier molecular flexibility index (Phi) is 5.79. The summed E-state index contributed by atoms with van der Waals surface area (Å²) in [6.45, 7) is 2.42. The number of benzene rings is 1. The molecule has 5 rings (SSSR count).